The Labute approximate surface area is 73.9 Å². The van der Waals surface area contributed by atoms with Crippen LogP contribution in [0.4, 0.5) is 0 Å². The maximum Gasteiger partial charge on any atom is 0.0641 e. The summed E-state index contributed by atoms with van der Waals surface area (Å²) in [7, 11) is 0. The Morgan fingerprint density at radius 2 is 2.08 bits per heavy atom. The van der Waals surface area contributed by atoms with Gasteiger partial charge in [0.1, 0.15) is 0 Å². The predicted molar refractivity (Wildman–Crippen MR) is 48.7 cm³/mol. The molecule has 0 aliphatic heterocycles. The Balaban J connectivity index is 2.60. The summed E-state index contributed by atoms with van der Waals surface area (Å²) in [5, 5.41) is 18.0. The monoisotopic (exact) mass is 170 g/mol. The predicted octanol–water partition coefficient (Wildman–Crippen LogP) is 1.19. The normalized spacial score (nSPS) is 35.4. The minimum atomic E-state index is 0.0634. The highest BCUT2D eigenvalue weighted by molar-refractivity contribution is 5.06. The van der Waals surface area contributed by atoms with E-state index in [4.69, 9.17) is 10.2 Å². The van der Waals surface area contributed by atoms with Crippen molar-refractivity contribution in [3.63, 3.8) is 0 Å². The highest BCUT2D eigenvalue weighted by Crippen LogP contribution is 2.39. The van der Waals surface area contributed by atoms with Crippen molar-refractivity contribution in [2.45, 2.75) is 19.8 Å². The van der Waals surface area contributed by atoms with Gasteiger partial charge in [0.25, 0.3) is 0 Å². The van der Waals surface area contributed by atoms with Crippen LogP contribution in [0.25, 0.3) is 0 Å². The number of aliphatic hydroxyl groups excluding tert-OH is 2. The van der Waals surface area contributed by atoms with Gasteiger partial charge in [-0.2, -0.15) is 0 Å². The zero-order valence-electron chi connectivity index (χ0n) is 7.66. The molecular weight excluding hydrogens is 152 g/mol. The lowest BCUT2D eigenvalue weighted by atomic mass is 9.87. The Morgan fingerprint density at radius 3 is 2.58 bits per heavy atom. The maximum absolute atomic E-state index is 9.13. The molecule has 0 heterocycles. The van der Waals surface area contributed by atoms with E-state index in [1.807, 2.05) is 0 Å². The molecule has 0 aromatic rings. The van der Waals surface area contributed by atoms with Crippen LogP contribution in [0.15, 0.2) is 12.2 Å². The van der Waals surface area contributed by atoms with E-state index in [1.54, 1.807) is 0 Å². The average Bonchev–Trinajstić information content (AvgIpc) is 2.45. The molecule has 2 N–H and O–H groups in total. The first-order chi connectivity index (χ1) is 5.70. The van der Waals surface area contributed by atoms with Crippen LogP contribution in [0.3, 0.4) is 0 Å². The summed E-state index contributed by atoms with van der Waals surface area (Å²) in [6.45, 7) is 6.28. The summed E-state index contributed by atoms with van der Waals surface area (Å²) in [6, 6.07) is 0. The van der Waals surface area contributed by atoms with E-state index in [-0.39, 0.29) is 13.2 Å². The second-order valence-corrected chi connectivity index (χ2v) is 3.82. The highest BCUT2D eigenvalue weighted by atomic mass is 16.3. The molecule has 3 unspecified atom stereocenters. The molecule has 12 heavy (non-hydrogen) atoms. The largest absolute Gasteiger partial charge is 0.396 e. The zero-order chi connectivity index (χ0) is 9.14. The number of rotatable bonds is 3. The van der Waals surface area contributed by atoms with E-state index < -0.39 is 0 Å². The zero-order valence-corrected chi connectivity index (χ0v) is 7.66. The Hall–Kier alpha value is -0.340. The molecule has 0 radical (unpaired) electrons. The van der Waals surface area contributed by atoms with Crippen molar-refractivity contribution in [2.24, 2.45) is 17.8 Å². The fourth-order valence-electron chi connectivity index (χ4n) is 2.20. The fourth-order valence-corrected chi connectivity index (χ4v) is 2.20. The second kappa shape index (κ2) is 4.06. The van der Waals surface area contributed by atoms with Gasteiger partial charge in [-0.15, -0.1) is 0 Å². The molecule has 1 fully saturated rings. The summed E-state index contributed by atoms with van der Waals surface area (Å²) in [4.78, 5) is 0. The molecule has 0 bridgehead atoms. The first-order valence-electron chi connectivity index (χ1n) is 4.60. The minimum absolute atomic E-state index is 0.0634. The topological polar surface area (TPSA) is 40.5 Å². The number of hydrogen-bond donors (Lipinski definition) is 2. The highest BCUT2D eigenvalue weighted by Gasteiger charge is 2.33. The lowest BCUT2D eigenvalue weighted by Crippen LogP contribution is -2.19. The van der Waals surface area contributed by atoms with E-state index in [1.165, 1.54) is 0 Å². The van der Waals surface area contributed by atoms with Gasteiger partial charge in [-0.05, 0) is 36.2 Å². The van der Waals surface area contributed by atoms with E-state index in [0.717, 1.165) is 18.4 Å². The molecule has 2 heteroatoms. The van der Waals surface area contributed by atoms with Crippen molar-refractivity contribution < 1.29 is 10.2 Å². The standard InChI is InChI=1S/C10H18O2/c1-7-3-4-9(8(2)5-11)10(7)6-12/h7,9-12H,2-6H2,1H3. The molecule has 0 spiro atoms. The van der Waals surface area contributed by atoms with Crippen LogP contribution in [0, 0.1) is 17.8 Å². The van der Waals surface area contributed by atoms with Crippen LogP contribution < -0.4 is 0 Å². The molecule has 1 aliphatic rings. The van der Waals surface area contributed by atoms with Crippen molar-refractivity contribution in [3.8, 4) is 0 Å². The van der Waals surface area contributed by atoms with Gasteiger partial charge in [0.2, 0.25) is 0 Å². The summed E-state index contributed by atoms with van der Waals surface area (Å²) >= 11 is 0. The summed E-state index contributed by atoms with van der Waals surface area (Å²) in [5.74, 6) is 1.24. The lowest BCUT2D eigenvalue weighted by molar-refractivity contribution is 0.171. The third kappa shape index (κ3) is 1.70. The van der Waals surface area contributed by atoms with Crippen molar-refractivity contribution in [3.05, 3.63) is 12.2 Å². The van der Waals surface area contributed by atoms with Gasteiger partial charge in [0.05, 0.1) is 6.61 Å². The van der Waals surface area contributed by atoms with E-state index in [2.05, 4.69) is 13.5 Å². The molecule has 1 saturated carbocycles. The maximum atomic E-state index is 9.13. The molecule has 0 aromatic carbocycles. The molecule has 3 atom stereocenters. The first kappa shape index (κ1) is 9.75. The molecular formula is C10H18O2. The van der Waals surface area contributed by atoms with Gasteiger partial charge in [-0.1, -0.05) is 13.5 Å². The van der Waals surface area contributed by atoms with Crippen LogP contribution in [0.2, 0.25) is 0 Å². The van der Waals surface area contributed by atoms with Crippen molar-refractivity contribution in [2.75, 3.05) is 13.2 Å². The Morgan fingerprint density at radius 1 is 1.42 bits per heavy atom. The quantitative estimate of drug-likeness (QED) is 0.625. The first-order valence-corrected chi connectivity index (χ1v) is 4.60. The van der Waals surface area contributed by atoms with E-state index in [0.29, 0.717) is 17.8 Å². The van der Waals surface area contributed by atoms with Crippen LogP contribution in [0.5, 0.6) is 0 Å². The van der Waals surface area contributed by atoms with Crippen molar-refractivity contribution >= 4 is 0 Å². The molecule has 2 nitrogen and oxygen atoms in total. The van der Waals surface area contributed by atoms with Crippen LogP contribution >= 0.6 is 0 Å². The van der Waals surface area contributed by atoms with Crippen LogP contribution in [0.1, 0.15) is 19.8 Å². The second-order valence-electron chi connectivity index (χ2n) is 3.82. The van der Waals surface area contributed by atoms with Crippen molar-refractivity contribution in [1.29, 1.82) is 0 Å². The number of hydrogen-bond acceptors (Lipinski definition) is 2. The Kier molecular flexibility index (Phi) is 3.29. The molecule has 0 amide bonds. The SMILES string of the molecule is C=C(CO)C1CCC(C)C1CO. The molecule has 70 valence electrons. The van der Waals surface area contributed by atoms with Gasteiger partial charge in [-0.3, -0.25) is 0 Å². The van der Waals surface area contributed by atoms with E-state index >= 15 is 0 Å². The minimum Gasteiger partial charge on any atom is -0.396 e. The Bertz CT molecular complexity index is 165. The fraction of sp³-hybridized carbons (Fsp3) is 0.800. The number of aliphatic hydroxyl groups is 2. The van der Waals surface area contributed by atoms with E-state index in [9.17, 15) is 0 Å². The third-order valence-corrected chi connectivity index (χ3v) is 3.12. The van der Waals surface area contributed by atoms with Gasteiger partial charge in [0, 0.05) is 6.61 Å². The summed E-state index contributed by atoms with van der Waals surface area (Å²) in [5.41, 5.74) is 0.887. The van der Waals surface area contributed by atoms with Gasteiger partial charge in [-0.25, -0.2) is 0 Å². The molecule has 1 aliphatic carbocycles. The van der Waals surface area contributed by atoms with Crippen molar-refractivity contribution in [1.82, 2.24) is 0 Å². The summed E-state index contributed by atoms with van der Waals surface area (Å²) < 4.78 is 0. The third-order valence-electron chi connectivity index (χ3n) is 3.12. The van der Waals surface area contributed by atoms with Crippen LogP contribution in [-0.4, -0.2) is 23.4 Å². The van der Waals surface area contributed by atoms with Gasteiger partial charge in [0.15, 0.2) is 0 Å². The van der Waals surface area contributed by atoms with Gasteiger partial charge >= 0.3 is 0 Å². The average molecular weight is 170 g/mol. The molecule has 1 rings (SSSR count). The lowest BCUT2D eigenvalue weighted by Gasteiger charge is -2.21. The molecule has 0 saturated heterocycles. The van der Waals surface area contributed by atoms with Gasteiger partial charge < -0.3 is 10.2 Å². The molecule has 0 aromatic heterocycles. The smallest absolute Gasteiger partial charge is 0.0641 e. The summed E-state index contributed by atoms with van der Waals surface area (Å²) in [6.07, 6.45) is 2.22. The van der Waals surface area contributed by atoms with Crippen LogP contribution in [-0.2, 0) is 0 Å².